The van der Waals surface area contributed by atoms with Gasteiger partial charge in [-0.15, -0.1) is 0 Å². The topological polar surface area (TPSA) is 39.2 Å². The van der Waals surface area contributed by atoms with Crippen molar-refractivity contribution in [2.45, 2.75) is 44.6 Å². The van der Waals surface area contributed by atoms with Gasteiger partial charge < -0.3 is 10.2 Å². The van der Waals surface area contributed by atoms with Gasteiger partial charge in [0.1, 0.15) is 5.76 Å². The summed E-state index contributed by atoms with van der Waals surface area (Å²) in [5.41, 5.74) is 7.56. The molecule has 1 aromatic heterocycles. The smallest absolute Gasteiger partial charge is 0.169 e. The summed E-state index contributed by atoms with van der Waals surface area (Å²) in [6.07, 6.45) is 9.79. The molecule has 1 heterocycles. The second-order valence-corrected chi connectivity index (χ2v) is 5.13. The van der Waals surface area contributed by atoms with Gasteiger partial charge in [-0.05, 0) is 59.3 Å². The van der Waals surface area contributed by atoms with Gasteiger partial charge in [0, 0.05) is 0 Å². The molecule has 0 bridgehead atoms. The van der Waals surface area contributed by atoms with Gasteiger partial charge in [0.25, 0.3) is 0 Å². The Morgan fingerprint density at radius 2 is 2.00 bits per heavy atom. The number of furan rings is 1. The van der Waals surface area contributed by atoms with Crippen molar-refractivity contribution < 1.29 is 4.42 Å². The molecule has 0 saturated carbocycles. The van der Waals surface area contributed by atoms with E-state index < -0.39 is 0 Å². The first kappa shape index (κ1) is 11.9. The predicted molar refractivity (Wildman–Crippen MR) is 69.1 cm³/mol. The number of hydrogen-bond acceptors (Lipinski definition) is 2. The van der Waals surface area contributed by atoms with Crippen LogP contribution in [-0.4, -0.2) is 0 Å². The van der Waals surface area contributed by atoms with Crippen LogP contribution < -0.4 is 5.73 Å². The highest BCUT2D eigenvalue weighted by Crippen LogP contribution is 2.29. The largest absolute Gasteiger partial charge is 0.452 e. The molecule has 1 aliphatic rings. The molecule has 0 fully saturated rings. The van der Waals surface area contributed by atoms with Crippen LogP contribution in [0.1, 0.15) is 50.3 Å². The summed E-state index contributed by atoms with van der Waals surface area (Å²) < 4.78 is 6.28. The first-order chi connectivity index (χ1) is 7.77. The van der Waals surface area contributed by atoms with E-state index in [0.717, 1.165) is 23.3 Å². The van der Waals surface area contributed by atoms with Crippen molar-refractivity contribution in [2.75, 3.05) is 0 Å². The standard InChI is InChI=1S/C13H18BrNO/c14-12-9-8-11(16-12)13(15)10-6-4-2-1-3-5-7-10/h6,8-9,13H,1-5,7,15H2/b10-6+. The Morgan fingerprint density at radius 1 is 1.19 bits per heavy atom. The highest BCUT2D eigenvalue weighted by atomic mass is 79.9. The minimum Gasteiger partial charge on any atom is -0.452 e. The predicted octanol–water partition coefficient (Wildman–Crippen LogP) is 4.32. The lowest BCUT2D eigenvalue weighted by atomic mass is 9.94. The van der Waals surface area contributed by atoms with Gasteiger partial charge in [-0.25, -0.2) is 0 Å². The molecule has 0 radical (unpaired) electrons. The highest BCUT2D eigenvalue weighted by Gasteiger charge is 2.15. The Hall–Kier alpha value is -0.540. The molecule has 1 atom stereocenters. The third kappa shape index (κ3) is 2.98. The lowest BCUT2D eigenvalue weighted by molar-refractivity contribution is 0.460. The van der Waals surface area contributed by atoms with E-state index in [2.05, 4.69) is 22.0 Å². The average molecular weight is 284 g/mol. The van der Waals surface area contributed by atoms with E-state index in [1.807, 2.05) is 12.1 Å². The van der Waals surface area contributed by atoms with Crippen molar-refractivity contribution in [1.82, 2.24) is 0 Å². The molecular weight excluding hydrogens is 266 g/mol. The van der Waals surface area contributed by atoms with Crippen molar-refractivity contribution in [3.63, 3.8) is 0 Å². The quantitative estimate of drug-likeness (QED) is 0.821. The fourth-order valence-corrected chi connectivity index (χ4v) is 2.50. The normalized spacial score (nSPS) is 23.0. The van der Waals surface area contributed by atoms with Crippen LogP contribution in [-0.2, 0) is 0 Å². The Bertz CT molecular complexity index is 370. The van der Waals surface area contributed by atoms with E-state index >= 15 is 0 Å². The second kappa shape index (κ2) is 5.69. The van der Waals surface area contributed by atoms with Crippen LogP contribution in [0.5, 0.6) is 0 Å². The van der Waals surface area contributed by atoms with Crippen molar-refractivity contribution in [2.24, 2.45) is 5.73 Å². The molecular formula is C13H18BrNO. The molecule has 0 aromatic carbocycles. The summed E-state index contributed by atoms with van der Waals surface area (Å²) in [6.45, 7) is 0. The van der Waals surface area contributed by atoms with Crippen molar-refractivity contribution in [1.29, 1.82) is 0 Å². The molecule has 88 valence electrons. The Labute approximate surface area is 105 Å². The molecule has 0 amide bonds. The molecule has 0 saturated heterocycles. The third-order valence-corrected chi connectivity index (χ3v) is 3.55. The number of nitrogens with two attached hydrogens (primary N) is 1. The molecule has 3 heteroatoms. The van der Waals surface area contributed by atoms with E-state index in [1.54, 1.807) is 0 Å². The molecule has 2 nitrogen and oxygen atoms in total. The molecule has 0 spiro atoms. The maximum Gasteiger partial charge on any atom is 0.169 e. The fourth-order valence-electron chi connectivity index (χ4n) is 2.18. The zero-order chi connectivity index (χ0) is 11.4. The van der Waals surface area contributed by atoms with Crippen LogP contribution in [0, 0.1) is 0 Å². The maximum atomic E-state index is 6.22. The van der Waals surface area contributed by atoms with Gasteiger partial charge in [0.2, 0.25) is 0 Å². The van der Waals surface area contributed by atoms with Gasteiger partial charge in [-0.1, -0.05) is 18.9 Å². The van der Waals surface area contributed by atoms with Crippen molar-refractivity contribution in [3.8, 4) is 0 Å². The SMILES string of the molecule is NC(/C1=C/CCCCCC1)c1ccc(Br)o1. The number of allylic oxidation sites excluding steroid dienone is 1. The van der Waals surface area contributed by atoms with Gasteiger partial charge in [-0.2, -0.15) is 0 Å². The van der Waals surface area contributed by atoms with E-state index in [9.17, 15) is 0 Å². The molecule has 1 aliphatic carbocycles. The number of rotatable bonds is 2. The van der Waals surface area contributed by atoms with E-state index in [0.29, 0.717) is 0 Å². The minimum absolute atomic E-state index is 0.0654. The van der Waals surface area contributed by atoms with E-state index in [4.69, 9.17) is 10.2 Å². The summed E-state index contributed by atoms with van der Waals surface area (Å²) in [4.78, 5) is 0. The van der Waals surface area contributed by atoms with Gasteiger partial charge >= 0.3 is 0 Å². The molecule has 2 rings (SSSR count). The maximum absolute atomic E-state index is 6.22. The molecule has 2 N–H and O–H groups in total. The molecule has 1 aromatic rings. The van der Waals surface area contributed by atoms with Crippen LogP contribution in [0.3, 0.4) is 0 Å². The highest BCUT2D eigenvalue weighted by molar-refractivity contribution is 9.10. The molecule has 16 heavy (non-hydrogen) atoms. The number of halogens is 1. The Balaban J connectivity index is 2.09. The van der Waals surface area contributed by atoms with Crippen molar-refractivity contribution >= 4 is 15.9 Å². The van der Waals surface area contributed by atoms with E-state index in [1.165, 1.54) is 31.3 Å². The molecule has 1 unspecified atom stereocenters. The summed E-state index contributed by atoms with van der Waals surface area (Å²) >= 11 is 3.31. The summed E-state index contributed by atoms with van der Waals surface area (Å²) in [6, 6.07) is 3.79. The third-order valence-electron chi connectivity index (χ3n) is 3.13. The van der Waals surface area contributed by atoms with Crippen LogP contribution in [0.4, 0.5) is 0 Å². The monoisotopic (exact) mass is 283 g/mol. The van der Waals surface area contributed by atoms with Crippen LogP contribution in [0.15, 0.2) is 32.9 Å². The Kier molecular flexibility index (Phi) is 4.24. The van der Waals surface area contributed by atoms with Crippen LogP contribution in [0.2, 0.25) is 0 Å². The summed E-state index contributed by atoms with van der Waals surface area (Å²) in [5, 5.41) is 0. The lowest BCUT2D eigenvalue weighted by Gasteiger charge is -2.16. The van der Waals surface area contributed by atoms with Crippen LogP contribution in [0.25, 0.3) is 0 Å². The second-order valence-electron chi connectivity index (χ2n) is 4.35. The zero-order valence-corrected chi connectivity index (χ0v) is 11.0. The average Bonchev–Trinajstić information content (AvgIpc) is 2.63. The fraction of sp³-hybridized carbons (Fsp3) is 0.538. The van der Waals surface area contributed by atoms with Gasteiger partial charge in [0.05, 0.1) is 6.04 Å². The first-order valence-corrected chi connectivity index (χ1v) is 6.76. The number of hydrogen-bond donors (Lipinski definition) is 1. The summed E-state index contributed by atoms with van der Waals surface area (Å²) in [5.74, 6) is 0.860. The van der Waals surface area contributed by atoms with Gasteiger partial charge in [0.15, 0.2) is 4.67 Å². The van der Waals surface area contributed by atoms with Gasteiger partial charge in [-0.3, -0.25) is 0 Å². The lowest BCUT2D eigenvalue weighted by Crippen LogP contribution is -2.13. The van der Waals surface area contributed by atoms with E-state index in [-0.39, 0.29) is 6.04 Å². The Morgan fingerprint density at radius 3 is 2.75 bits per heavy atom. The summed E-state index contributed by atoms with van der Waals surface area (Å²) in [7, 11) is 0. The zero-order valence-electron chi connectivity index (χ0n) is 9.42. The van der Waals surface area contributed by atoms with Crippen molar-refractivity contribution in [3.05, 3.63) is 34.2 Å². The molecule has 0 aliphatic heterocycles. The first-order valence-electron chi connectivity index (χ1n) is 5.97. The van der Waals surface area contributed by atoms with Crippen LogP contribution >= 0.6 is 15.9 Å². The minimum atomic E-state index is -0.0654.